The van der Waals surface area contributed by atoms with E-state index in [-0.39, 0.29) is 17.2 Å². The first-order valence-electron chi connectivity index (χ1n) is 4.67. The third-order valence-electron chi connectivity index (χ3n) is 2.27. The van der Waals surface area contributed by atoms with Crippen LogP contribution in [0.5, 0.6) is 0 Å². The topological polar surface area (TPSA) is 29.1 Å². The zero-order valence-corrected chi connectivity index (χ0v) is 8.90. The van der Waals surface area contributed by atoms with Gasteiger partial charge in [-0.15, -0.1) is 0 Å². The highest BCUT2D eigenvalue weighted by Gasteiger charge is 2.16. The van der Waals surface area contributed by atoms with E-state index < -0.39 is 0 Å². The maximum Gasteiger partial charge on any atom is 0.149 e. The molecule has 0 aliphatic carbocycles. The van der Waals surface area contributed by atoms with Crippen molar-refractivity contribution < 1.29 is 4.79 Å². The van der Waals surface area contributed by atoms with E-state index in [1.807, 2.05) is 13.8 Å². The minimum atomic E-state index is 0.0878. The highest BCUT2D eigenvalue weighted by atomic mass is 16.1. The summed E-state index contributed by atoms with van der Waals surface area (Å²) in [5.74, 6) is 0.432. The molecule has 0 spiro atoms. The number of hydrogen-bond donors (Lipinski definition) is 1. The van der Waals surface area contributed by atoms with Crippen LogP contribution in [0.25, 0.3) is 0 Å². The normalized spacial score (nSPS) is 12.2. The van der Waals surface area contributed by atoms with E-state index in [1.54, 1.807) is 0 Å². The summed E-state index contributed by atoms with van der Waals surface area (Å²) >= 11 is 0. The Bertz CT molecular complexity index is 150. The molecule has 0 unspecified atom stereocenters. The van der Waals surface area contributed by atoms with Crippen molar-refractivity contribution in [3.63, 3.8) is 0 Å². The van der Waals surface area contributed by atoms with E-state index in [2.05, 4.69) is 26.1 Å². The van der Waals surface area contributed by atoms with Gasteiger partial charge in [0.15, 0.2) is 0 Å². The van der Waals surface area contributed by atoms with E-state index in [4.69, 9.17) is 0 Å². The van der Waals surface area contributed by atoms with Crippen molar-refractivity contribution in [3.05, 3.63) is 0 Å². The van der Waals surface area contributed by atoms with Crippen molar-refractivity contribution in [2.45, 2.75) is 46.6 Å². The van der Waals surface area contributed by atoms with Crippen molar-refractivity contribution in [3.8, 4) is 0 Å². The molecular weight excluding hydrogens is 150 g/mol. The Kier molecular flexibility index (Phi) is 4.46. The van der Waals surface area contributed by atoms with Crippen molar-refractivity contribution in [2.24, 2.45) is 5.92 Å². The van der Waals surface area contributed by atoms with Crippen LogP contribution in [-0.4, -0.2) is 17.9 Å². The van der Waals surface area contributed by atoms with Gasteiger partial charge in [-0.1, -0.05) is 20.8 Å². The van der Waals surface area contributed by atoms with Crippen molar-refractivity contribution in [2.75, 3.05) is 6.54 Å². The Morgan fingerprint density at radius 3 is 2.25 bits per heavy atom. The lowest BCUT2D eigenvalue weighted by atomic mass is 10.0. The number of hydrogen-bond acceptors (Lipinski definition) is 2. The monoisotopic (exact) mass is 171 g/mol. The third-order valence-corrected chi connectivity index (χ3v) is 2.27. The molecule has 2 nitrogen and oxygen atoms in total. The molecule has 0 saturated heterocycles. The molecule has 0 aliphatic rings. The van der Waals surface area contributed by atoms with E-state index >= 15 is 0 Å². The molecule has 2 heteroatoms. The smallest absolute Gasteiger partial charge is 0.149 e. The van der Waals surface area contributed by atoms with Crippen LogP contribution in [-0.2, 0) is 4.79 Å². The predicted molar refractivity (Wildman–Crippen MR) is 52.2 cm³/mol. The Balaban J connectivity index is 3.76. The molecule has 0 amide bonds. The van der Waals surface area contributed by atoms with Gasteiger partial charge in [0.05, 0.1) is 6.54 Å². The highest BCUT2D eigenvalue weighted by Crippen LogP contribution is 2.06. The van der Waals surface area contributed by atoms with Gasteiger partial charge in [0.25, 0.3) is 0 Å². The number of carbonyl (C=O) groups excluding carboxylic acids is 1. The van der Waals surface area contributed by atoms with Crippen LogP contribution in [0.3, 0.4) is 0 Å². The van der Waals surface area contributed by atoms with E-state index in [9.17, 15) is 4.79 Å². The first-order valence-corrected chi connectivity index (χ1v) is 4.67. The molecule has 0 aromatic rings. The Morgan fingerprint density at radius 2 is 1.92 bits per heavy atom. The van der Waals surface area contributed by atoms with Gasteiger partial charge in [-0.25, -0.2) is 0 Å². The van der Waals surface area contributed by atoms with Gasteiger partial charge in [0.1, 0.15) is 5.78 Å². The summed E-state index contributed by atoms with van der Waals surface area (Å²) in [7, 11) is 0. The SMILES string of the molecule is CCC(C)(C)NCC(=O)C(C)C. The summed E-state index contributed by atoms with van der Waals surface area (Å²) < 4.78 is 0. The van der Waals surface area contributed by atoms with Gasteiger partial charge in [-0.2, -0.15) is 0 Å². The molecule has 0 aromatic heterocycles. The van der Waals surface area contributed by atoms with Crippen LogP contribution < -0.4 is 5.32 Å². The molecule has 1 N–H and O–H groups in total. The van der Waals surface area contributed by atoms with Crippen LogP contribution in [0.4, 0.5) is 0 Å². The van der Waals surface area contributed by atoms with Crippen LogP contribution in [0.2, 0.25) is 0 Å². The fourth-order valence-corrected chi connectivity index (χ4v) is 0.656. The lowest BCUT2D eigenvalue weighted by molar-refractivity contribution is -0.121. The maximum atomic E-state index is 11.2. The molecule has 0 radical (unpaired) electrons. The van der Waals surface area contributed by atoms with Crippen molar-refractivity contribution >= 4 is 5.78 Å². The minimum Gasteiger partial charge on any atom is -0.305 e. The summed E-state index contributed by atoms with van der Waals surface area (Å²) in [6, 6.07) is 0. The quantitative estimate of drug-likeness (QED) is 0.685. The Labute approximate surface area is 75.7 Å². The van der Waals surface area contributed by atoms with Crippen LogP contribution in [0.15, 0.2) is 0 Å². The summed E-state index contributed by atoms with van der Waals surface area (Å²) in [5.41, 5.74) is 0.0878. The number of ketones is 1. The fourth-order valence-electron chi connectivity index (χ4n) is 0.656. The molecule has 0 atom stereocenters. The third kappa shape index (κ3) is 4.50. The zero-order chi connectivity index (χ0) is 9.78. The molecule has 0 fully saturated rings. The second-order valence-corrected chi connectivity index (χ2v) is 4.21. The molecular formula is C10H21NO. The second kappa shape index (κ2) is 4.61. The summed E-state index contributed by atoms with van der Waals surface area (Å²) in [6.45, 7) is 10.7. The van der Waals surface area contributed by atoms with Gasteiger partial charge < -0.3 is 5.32 Å². The van der Waals surface area contributed by atoms with Gasteiger partial charge in [-0.05, 0) is 20.3 Å². The van der Waals surface area contributed by atoms with Gasteiger partial charge in [-0.3, -0.25) is 4.79 Å². The average molecular weight is 171 g/mol. The van der Waals surface area contributed by atoms with E-state index in [1.165, 1.54) is 0 Å². The average Bonchev–Trinajstić information content (AvgIpc) is 2.00. The molecule has 0 aromatic carbocycles. The first-order chi connectivity index (χ1) is 5.39. The standard InChI is InChI=1S/C10H21NO/c1-6-10(4,5)11-7-9(12)8(2)3/h8,11H,6-7H2,1-5H3. The maximum absolute atomic E-state index is 11.2. The summed E-state index contributed by atoms with van der Waals surface area (Å²) in [5, 5.41) is 3.24. The number of carbonyl (C=O) groups is 1. The van der Waals surface area contributed by atoms with Crippen molar-refractivity contribution in [1.82, 2.24) is 5.32 Å². The van der Waals surface area contributed by atoms with Crippen LogP contribution in [0.1, 0.15) is 41.0 Å². The minimum absolute atomic E-state index is 0.0878. The van der Waals surface area contributed by atoms with Crippen LogP contribution >= 0.6 is 0 Å². The van der Waals surface area contributed by atoms with Gasteiger partial charge in [0, 0.05) is 11.5 Å². The molecule has 72 valence electrons. The largest absolute Gasteiger partial charge is 0.305 e. The highest BCUT2D eigenvalue weighted by molar-refractivity contribution is 5.82. The molecule has 0 bridgehead atoms. The molecule has 12 heavy (non-hydrogen) atoms. The number of rotatable bonds is 5. The summed E-state index contributed by atoms with van der Waals surface area (Å²) in [4.78, 5) is 11.2. The number of Topliss-reactive ketones (excluding diaryl/α,β-unsaturated/α-hetero) is 1. The lowest BCUT2D eigenvalue weighted by Crippen LogP contribution is -2.42. The second-order valence-electron chi connectivity index (χ2n) is 4.21. The zero-order valence-electron chi connectivity index (χ0n) is 8.90. The lowest BCUT2D eigenvalue weighted by Gasteiger charge is -2.24. The van der Waals surface area contributed by atoms with Crippen LogP contribution in [0, 0.1) is 5.92 Å². The molecule has 0 saturated carbocycles. The summed E-state index contributed by atoms with van der Waals surface area (Å²) in [6.07, 6.45) is 1.04. The molecule has 0 aliphatic heterocycles. The van der Waals surface area contributed by atoms with Gasteiger partial charge in [0.2, 0.25) is 0 Å². The first kappa shape index (κ1) is 11.6. The molecule has 0 rings (SSSR count). The van der Waals surface area contributed by atoms with E-state index in [0.29, 0.717) is 6.54 Å². The number of nitrogens with one attached hydrogen (secondary N) is 1. The van der Waals surface area contributed by atoms with Gasteiger partial charge >= 0.3 is 0 Å². The van der Waals surface area contributed by atoms with E-state index in [0.717, 1.165) is 6.42 Å². The Hall–Kier alpha value is -0.370. The predicted octanol–water partition coefficient (Wildman–Crippen LogP) is 1.99. The fraction of sp³-hybridized carbons (Fsp3) is 0.900. The Morgan fingerprint density at radius 1 is 1.42 bits per heavy atom. The van der Waals surface area contributed by atoms with Crippen molar-refractivity contribution in [1.29, 1.82) is 0 Å². The molecule has 0 heterocycles.